The first kappa shape index (κ1) is 19.4. The molecule has 3 rings (SSSR count). The van der Waals surface area contributed by atoms with Crippen molar-refractivity contribution in [3.05, 3.63) is 23.7 Å². The van der Waals surface area contributed by atoms with Crippen LogP contribution in [-0.4, -0.2) is 44.1 Å². The van der Waals surface area contributed by atoms with Crippen LogP contribution in [0.25, 0.3) is 5.65 Å². The van der Waals surface area contributed by atoms with Gasteiger partial charge in [-0.1, -0.05) is 0 Å². The van der Waals surface area contributed by atoms with E-state index in [0.717, 1.165) is 16.3 Å². The summed E-state index contributed by atoms with van der Waals surface area (Å²) in [5, 5.41) is 13.8. The van der Waals surface area contributed by atoms with Crippen LogP contribution in [0.15, 0.2) is 12.3 Å². The summed E-state index contributed by atoms with van der Waals surface area (Å²) in [7, 11) is 0. The Morgan fingerprint density at radius 2 is 2.00 bits per heavy atom. The molecule has 1 aliphatic rings. The minimum absolute atomic E-state index is 0.0168. The average Bonchev–Trinajstić information content (AvgIpc) is 3.04. The van der Waals surface area contributed by atoms with Crippen LogP contribution in [0.4, 0.5) is 23.7 Å². The van der Waals surface area contributed by atoms with Gasteiger partial charge in [-0.15, -0.1) is 0 Å². The lowest BCUT2D eigenvalue weighted by Gasteiger charge is -2.29. The van der Waals surface area contributed by atoms with Crippen molar-refractivity contribution >= 4 is 17.4 Å². The fraction of sp³-hybridized carbons (Fsp3) is 0.588. The van der Waals surface area contributed by atoms with Crippen molar-refractivity contribution in [1.29, 1.82) is 0 Å². The van der Waals surface area contributed by atoms with Crippen molar-refractivity contribution in [2.24, 2.45) is 0 Å². The largest absolute Gasteiger partial charge is 0.443 e. The van der Waals surface area contributed by atoms with E-state index in [9.17, 15) is 23.1 Å². The van der Waals surface area contributed by atoms with Crippen LogP contribution >= 0.6 is 0 Å². The lowest BCUT2D eigenvalue weighted by molar-refractivity contribution is -0.181. The number of carbonyl (C=O) groups is 1. The van der Waals surface area contributed by atoms with E-state index >= 15 is 0 Å². The number of aromatic nitrogens is 3. The molecule has 0 fully saturated rings. The molecule has 0 saturated carbocycles. The minimum Gasteiger partial charge on any atom is -0.443 e. The topological polar surface area (TPSA) is 80.0 Å². The van der Waals surface area contributed by atoms with Gasteiger partial charge in [-0.05, 0) is 34.6 Å². The van der Waals surface area contributed by atoms with Gasteiger partial charge in [0.2, 0.25) is 0 Å². The average molecular weight is 386 g/mol. The number of halogens is 3. The third kappa shape index (κ3) is 3.11. The van der Waals surface area contributed by atoms with E-state index in [1.165, 1.54) is 19.2 Å². The second-order valence-corrected chi connectivity index (χ2v) is 7.90. The lowest BCUT2D eigenvalue weighted by atomic mass is 9.88. The fourth-order valence-corrected chi connectivity index (χ4v) is 3.04. The van der Waals surface area contributed by atoms with Crippen molar-refractivity contribution < 1.29 is 27.8 Å². The molecule has 27 heavy (non-hydrogen) atoms. The van der Waals surface area contributed by atoms with Crippen molar-refractivity contribution in [2.45, 2.75) is 57.9 Å². The first-order valence-electron chi connectivity index (χ1n) is 8.39. The molecule has 0 aromatic carbocycles. The SMILES string of the molecule is CC(O)c1cc2ncc3c(n2n1)C(C)(C(F)(F)F)CN3C(=O)OC(C)(C)C. The molecule has 0 radical (unpaired) electrons. The van der Waals surface area contributed by atoms with Gasteiger partial charge in [-0.25, -0.2) is 14.3 Å². The van der Waals surface area contributed by atoms with E-state index < -0.39 is 35.9 Å². The predicted molar refractivity (Wildman–Crippen MR) is 90.6 cm³/mol. The molecular formula is C17H21F3N4O3. The van der Waals surface area contributed by atoms with Crippen LogP contribution in [0.5, 0.6) is 0 Å². The highest BCUT2D eigenvalue weighted by Gasteiger charge is 2.61. The summed E-state index contributed by atoms with van der Waals surface area (Å²) in [4.78, 5) is 17.6. The first-order valence-corrected chi connectivity index (χ1v) is 8.39. The molecule has 2 atom stereocenters. The number of nitrogens with zero attached hydrogens (tertiary/aromatic N) is 4. The molecule has 2 aromatic heterocycles. The van der Waals surface area contributed by atoms with Crippen LogP contribution in [0, 0.1) is 0 Å². The van der Waals surface area contributed by atoms with Gasteiger partial charge in [-0.3, -0.25) is 4.90 Å². The van der Waals surface area contributed by atoms with Crippen LogP contribution in [0.1, 0.15) is 52.1 Å². The zero-order valence-corrected chi connectivity index (χ0v) is 15.6. The number of hydrogen-bond donors (Lipinski definition) is 1. The number of alkyl halides is 3. The molecule has 0 saturated heterocycles. The maximum atomic E-state index is 14.0. The summed E-state index contributed by atoms with van der Waals surface area (Å²) in [5.41, 5.74) is -3.11. The maximum absolute atomic E-state index is 14.0. The quantitative estimate of drug-likeness (QED) is 0.813. The maximum Gasteiger partial charge on any atom is 0.414 e. The molecule has 7 nitrogen and oxygen atoms in total. The Bertz CT molecular complexity index is 901. The Hall–Kier alpha value is -2.36. The van der Waals surface area contributed by atoms with E-state index in [1.807, 2.05) is 0 Å². The fourth-order valence-electron chi connectivity index (χ4n) is 3.04. The molecule has 1 amide bonds. The van der Waals surface area contributed by atoms with Crippen molar-refractivity contribution in [1.82, 2.24) is 14.6 Å². The Morgan fingerprint density at radius 3 is 2.52 bits per heavy atom. The van der Waals surface area contributed by atoms with Gasteiger partial charge >= 0.3 is 12.3 Å². The van der Waals surface area contributed by atoms with Crippen LogP contribution in [-0.2, 0) is 10.2 Å². The van der Waals surface area contributed by atoms with E-state index in [0.29, 0.717) is 0 Å². The van der Waals surface area contributed by atoms with Gasteiger partial charge in [-0.2, -0.15) is 18.3 Å². The minimum atomic E-state index is -4.65. The predicted octanol–water partition coefficient (Wildman–Crippen LogP) is 3.36. The Labute approximate surface area is 153 Å². The number of rotatable bonds is 1. The molecule has 1 aliphatic heterocycles. The molecule has 1 N–H and O–H groups in total. The molecular weight excluding hydrogens is 365 g/mol. The normalized spacial score (nSPS) is 21.4. The number of amides is 1. The summed E-state index contributed by atoms with van der Waals surface area (Å²) in [6.45, 7) is 6.72. The standard InChI is InChI=1S/C17H21F3N4O3/c1-9(25)10-6-12-21-7-11-13(24(12)22-10)16(5,17(18,19)20)8-23(11)14(26)27-15(2,3)4/h6-7,9,25H,8H2,1-5H3. The highest BCUT2D eigenvalue weighted by molar-refractivity contribution is 5.91. The number of fused-ring (bicyclic) bond motifs is 3. The van der Waals surface area contributed by atoms with Gasteiger partial charge in [0.05, 0.1) is 29.4 Å². The summed E-state index contributed by atoms with van der Waals surface area (Å²) < 4.78 is 48.3. The second kappa shape index (κ2) is 5.82. The molecule has 10 heteroatoms. The Morgan fingerprint density at radius 1 is 1.37 bits per heavy atom. The number of aliphatic hydroxyl groups excluding tert-OH is 1. The molecule has 0 aliphatic carbocycles. The Balaban J connectivity index is 2.22. The zero-order valence-electron chi connectivity index (χ0n) is 15.6. The molecule has 0 bridgehead atoms. The van der Waals surface area contributed by atoms with E-state index in [2.05, 4.69) is 10.1 Å². The molecule has 3 heterocycles. The molecule has 2 unspecified atom stereocenters. The number of ether oxygens (including phenoxy) is 1. The summed E-state index contributed by atoms with van der Waals surface area (Å²) in [5.74, 6) is 0. The van der Waals surface area contributed by atoms with Crippen LogP contribution in [0.3, 0.4) is 0 Å². The molecule has 0 spiro atoms. The monoisotopic (exact) mass is 386 g/mol. The lowest BCUT2D eigenvalue weighted by Crippen LogP contribution is -2.46. The third-order valence-corrected chi connectivity index (χ3v) is 4.44. The van der Waals surface area contributed by atoms with Crippen LogP contribution < -0.4 is 4.90 Å². The van der Waals surface area contributed by atoms with Gasteiger partial charge in [0, 0.05) is 12.6 Å². The van der Waals surface area contributed by atoms with Gasteiger partial charge in [0.1, 0.15) is 11.0 Å². The highest BCUT2D eigenvalue weighted by atomic mass is 19.4. The van der Waals surface area contributed by atoms with Gasteiger partial charge < -0.3 is 9.84 Å². The number of hydrogen-bond acceptors (Lipinski definition) is 5. The number of carbonyl (C=O) groups excluding carboxylic acids is 1. The van der Waals surface area contributed by atoms with Crippen molar-refractivity contribution in [3.63, 3.8) is 0 Å². The second-order valence-electron chi connectivity index (χ2n) is 7.90. The third-order valence-electron chi connectivity index (χ3n) is 4.44. The first-order chi connectivity index (χ1) is 12.2. The van der Waals surface area contributed by atoms with Gasteiger partial charge in [0.25, 0.3) is 0 Å². The van der Waals surface area contributed by atoms with Crippen molar-refractivity contribution in [3.8, 4) is 0 Å². The Kier molecular flexibility index (Phi) is 4.18. The summed E-state index contributed by atoms with van der Waals surface area (Å²) in [6.07, 6.45) is -5.30. The van der Waals surface area contributed by atoms with E-state index in [-0.39, 0.29) is 22.7 Å². The molecule has 2 aromatic rings. The number of aliphatic hydroxyl groups is 1. The van der Waals surface area contributed by atoms with Gasteiger partial charge in [0.15, 0.2) is 5.65 Å². The van der Waals surface area contributed by atoms with E-state index in [1.54, 1.807) is 20.8 Å². The number of anilines is 1. The summed E-state index contributed by atoms with van der Waals surface area (Å²) in [6, 6.07) is 1.41. The smallest absolute Gasteiger partial charge is 0.414 e. The van der Waals surface area contributed by atoms with Crippen LogP contribution in [0.2, 0.25) is 0 Å². The zero-order chi connectivity index (χ0) is 20.4. The highest BCUT2D eigenvalue weighted by Crippen LogP contribution is 2.50. The van der Waals surface area contributed by atoms with Crippen molar-refractivity contribution in [2.75, 3.05) is 11.4 Å². The molecule has 148 valence electrons. The van der Waals surface area contributed by atoms with E-state index in [4.69, 9.17) is 4.74 Å². The summed E-state index contributed by atoms with van der Waals surface area (Å²) >= 11 is 0.